The summed E-state index contributed by atoms with van der Waals surface area (Å²) in [6, 6.07) is 0. The van der Waals surface area contributed by atoms with Gasteiger partial charge < -0.3 is 14.2 Å². The van der Waals surface area contributed by atoms with E-state index < -0.39 is 6.10 Å². The largest absolute Gasteiger partial charge is 0.462 e. The lowest BCUT2D eigenvalue weighted by Gasteiger charge is -2.18. The van der Waals surface area contributed by atoms with Crippen LogP contribution in [0.3, 0.4) is 0 Å². The van der Waals surface area contributed by atoms with E-state index in [-0.39, 0.29) is 31.1 Å². The van der Waals surface area contributed by atoms with Gasteiger partial charge in [-0.15, -0.1) is 0 Å². The minimum absolute atomic E-state index is 0.0895. The molecule has 0 aliphatic heterocycles. The van der Waals surface area contributed by atoms with E-state index in [4.69, 9.17) is 14.2 Å². The molecule has 0 heterocycles. The molecule has 0 saturated heterocycles. The average molecular weight is 1030 g/mol. The number of ether oxygens (including phenoxy) is 3. The van der Waals surface area contributed by atoms with Crippen LogP contribution in [0.25, 0.3) is 0 Å². The van der Waals surface area contributed by atoms with Crippen LogP contribution >= 0.6 is 0 Å². The van der Waals surface area contributed by atoms with Crippen LogP contribution in [-0.2, 0) is 28.6 Å². The maximum Gasteiger partial charge on any atom is 0.306 e. The summed E-state index contributed by atoms with van der Waals surface area (Å²) in [5.41, 5.74) is 0. The number of hydrogen-bond donors (Lipinski definition) is 0. The number of carbonyl (C=O) groups is 3. The molecule has 1 unspecified atom stereocenters. The second-order valence-corrected chi connectivity index (χ2v) is 20.9. The summed E-state index contributed by atoms with van der Waals surface area (Å²) in [5.74, 6) is -0.926. The van der Waals surface area contributed by atoms with Crippen LogP contribution in [0.15, 0.2) is 85.1 Å². The van der Waals surface area contributed by atoms with Gasteiger partial charge >= 0.3 is 17.9 Å². The molecule has 0 rings (SSSR count). The molecule has 0 N–H and O–H groups in total. The molecule has 74 heavy (non-hydrogen) atoms. The van der Waals surface area contributed by atoms with Crippen molar-refractivity contribution in [2.45, 2.75) is 316 Å². The van der Waals surface area contributed by atoms with Crippen LogP contribution < -0.4 is 0 Å². The van der Waals surface area contributed by atoms with Gasteiger partial charge in [-0.1, -0.05) is 279 Å². The third kappa shape index (κ3) is 59.5. The van der Waals surface area contributed by atoms with Crippen LogP contribution in [-0.4, -0.2) is 37.2 Å². The molecule has 0 aliphatic rings. The number of allylic oxidation sites excluding steroid dienone is 14. The van der Waals surface area contributed by atoms with Crippen molar-refractivity contribution in [1.29, 1.82) is 0 Å². The Morgan fingerprint density at radius 2 is 0.527 bits per heavy atom. The van der Waals surface area contributed by atoms with Gasteiger partial charge in [-0.05, 0) is 96.3 Å². The SMILES string of the molecule is CC/C=C\C/C=C\C/C=C\C/C=C\C/C=C\C/C=C\CCCCC(=O)OCC(COC(=O)CCCCCCCCCCCCCCCCCCC)OC(=O)CCCCCCCCC/C=C\CCCCCCCCC. The van der Waals surface area contributed by atoms with Crippen molar-refractivity contribution in [3.63, 3.8) is 0 Å². The molecular weight excluding hydrogens is 913 g/mol. The lowest BCUT2D eigenvalue weighted by molar-refractivity contribution is -0.167. The summed E-state index contributed by atoms with van der Waals surface area (Å²) in [4.78, 5) is 38.3. The molecule has 1 atom stereocenters. The fourth-order valence-electron chi connectivity index (χ4n) is 8.91. The van der Waals surface area contributed by atoms with Gasteiger partial charge in [0.05, 0.1) is 0 Å². The second-order valence-electron chi connectivity index (χ2n) is 20.9. The first-order chi connectivity index (χ1) is 36.5. The van der Waals surface area contributed by atoms with Gasteiger partial charge in [0.2, 0.25) is 0 Å². The summed E-state index contributed by atoms with van der Waals surface area (Å²) in [6.07, 6.45) is 81.5. The first kappa shape index (κ1) is 70.6. The molecule has 0 fully saturated rings. The zero-order valence-electron chi connectivity index (χ0n) is 48.8. The number of esters is 3. The lowest BCUT2D eigenvalue weighted by atomic mass is 10.0. The second kappa shape index (κ2) is 62.1. The van der Waals surface area contributed by atoms with Gasteiger partial charge in [-0.2, -0.15) is 0 Å². The number of carbonyl (C=O) groups excluding carboxylic acids is 3. The molecule has 6 heteroatoms. The number of unbranched alkanes of at least 4 members (excludes halogenated alkanes) is 32. The van der Waals surface area contributed by atoms with E-state index in [0.29, 0.717) is 19.3 Å². The van der Waals surface area contributed by atoms with Gasteiger partial charge in [-0.25, -0.2) is 0 Å². The highest BCUT2D eigenvalue weighted by molar-refractivity contribution is 5.71. The predicted molar refractivity (Wildman–Crippen MR) is 321 cm³/mol. The van der Waals surface area contributed by atoms with Gasteiger partial charge in [-0.3, -0.25) is 14.4 Å². The topological polar surface area (TPSA) is 78.9 Å². The number of hydrogen-bond acceptors (Lipinski definition) is 6. The first-order valence-corrected chi connectivity index (χ1v) is 31.6. The van der Waals surface area contributed by atoms with Crippen molar-refractivity contribution in [2.75, 3.05) is 13.2 Å². The molecule has 0 radical (unpaired) electrons. The molecule has 6 nitrogen and oxygen atoms in total. The van der Waals surface area contributed by atoms with Crippen LogP contribution in [0.5, 0.6) is 0 Å². The zero-order chi connectivity index (χ0) is 53.6. The fourth-order valence-corrected chi connectivity index (χ4v) is 8.91. The van der Waals surface area contributed by atoms with Gasteiger partial charge in [0.15, 0.2) is 6.10 Å². The first-order valence-electron chi connectivity index (χ1n) is 31.6. The molecule has 0 bridgehead atoms. The summed E-state index contributed by atoms with van der Waals surface area (Å²) < 4.78 is 16.9. The standard InChI is InChI=1S/C68H118O6/c1-4-7-10-13-16-19-22-25-28-31-33-34-35-38-40-43-46-49-52-55-58-61-67(70)73-64-65(63-72-66(69)60-57-54-51-48-45-42-39-36-30-27-24-21-18-15-12-9-6-3)74-68(71)62-59-56-53-50-47-44-41-37-32-29-26-23-20-17-14-11-8-5-2/h7,10,16,19,25,28-29,32-34,38,40,46,49,65H,4-6,8-9,11-15,17-18,20-24,26-27,30-31,35-37,39,41-45,47-48,50-64H2,1-3H3/b10-7-,19-16-,28-25-,32-29-,34-33-,40-38-,49-46-. The molecular formula is C68H118O6. The van der Waals surface area contributed by atoms with Crippen LogP contribution in [0, 0.1) is 0 Å². The third-order valence-corrected chi connectivity index (χ3v) is 13.6. The average Bonchev–Trinajstić information content (AvgIpc) is 3.40. The summed E-state index contributed by atoms with van der Waals surface area (Å²) >= 11 is 0. The maximum atomic E-state index is 12.9. The Bertz CT molecular complexity index is 1420. The molecule has 0 saturated carbocycles. The summed E-state index contributed by atoms with van der Waals surface area (Å²) in [6.45, 7) is 6.52. The number of rotatable bonds is 57. The van der Waals surface area contributed by atoms with E-state index in [9.17, 15) is 14.4 Å². The Morgan fingerprint density at radius 1 is 0.284 bits per heavy atom. The van der Waals surface area contributed by atoms with E-state index >= 15 is 0 Å². The Hall–Kier alpha value is -3.41. The van der Waals surface area contributed by atoms with Crippen molar-refractivity contribution >= 4 is 17.9 Å². The Balaban J connectivity index is 4.45. The Labute approximate surface area is 458 Å². The quantitative estimate of drug-likeness (QED) is 0.0261. The normalized spacial score (nSPS) is 12.6. The third-order valence-electron chi connectivity index (χ3n) is 13.6. The monoisotopic (exact) mass is 1030 g/mol. The minimum Gasteiger partial charge on any atom is -0.462 e. The van der Waals surface area contributed by atoms with Crippen molar-refractivity contribution in [3.8, 4) is 0 Å². The zero-order valence-corrected chi connectivity index (χ0v) is 48.8. The Morgan fingerprint density at radius 3 is 0.865 bits per heavy atom. The van der Waals surface area contributed by atoms with Gasteiger partial charge in [0, 0.05) is 19.3 Å². The van der Waals surface area contributed by atoms with E-state index in [1.54, 1.807) is 0 Å². The lowest BCUT2D eigenvalue weighted by Crippen LogP contribution is -2.30. The van der Waals surface area contributed by atoms with Crippen molar-refractivity contribution in [1.82, 2.24) is 0 Å². The summed E-state index contributed by atoms with van der Waals surface area (Å²) in [7, 11) is 0. The van der Waals surface area contributed by atoms with Crippen molar-refractivity contribution in [2.24, 2.45) is 0 Å². The fraction of sp³-hybridized carbons (Fsp3) is 0.750. The molecule has 0 spiro atoms. The van der Waals surface area contributed by atoms with Crippen LogP contribution in [0.2, 0.25) is 0 Å². The molecule has 0 aromatic heterocycles. The minimum atomic E-state index is -0.797. The maximum absolute atomic E-state index is 12.9. The van der Waals surface area contributed by atoms with E-state index in [0.717, 1.165) is 96.3 Å². The van der Waals surface area contributed by atoms with Gasteiger partial charge in [0.1, 0.15) is 13.2 Å². The van der Waals surface area contributed by atoms with Crippen LogP contribution in [0.1, 0.15) is 310 Å². The highest BCUT2D eigenvalue weighted by Crippen LogP contribution is 2.16. The Kier molecular flexibility index (Phi) is 59.3. The van der Waals surface area contributed by atoms with E-state index in [1.807, 2.05) is 0 Å². The molecule has 0 aliphatic carbocycles. The van der Waals surface area contributed by atoms with E-state index in [2.05, 4.69) is 106 Å². The molecule has 0 amide bonds. The smallest absolute Gasteiger partial charge is 0.306 e. The van der Waals surface area contributed by atoms with Crippen molar-refractivity contribution < 1.29 is 28.6 Å². The van der Waals surface area contributed by atoms with Gasteiger partial charge in [0.25, 0.3) is 0 Å². The highest BCUT2D eigenvalue weighted by Gasteiger charge is 2.19. The highest BCUT2D eigenvalue weighted by atomic mass is 16.6. The molecule has 426 valence electrons. The van der Waals surface area contributed by atoms with E-state index in [1.165, 1.54) is 173 Å². The predicted octanol–water partition coefficient (Wildman–Crippen LogP) is 21.5. The van der Waals surface area contributed by atoms with Crippen molar-refractivity contribution in [3.05, 3.63) is 85.1 Å². The molecule has 0 aromatic carbocycles. The summed E-state index contributed by atoms with van der Waals surface area (Å²) in [5, 5.41) is 0. The van der Waals surface area contributed by atoms with Crippen LogP contribution in [0.4, 0.5) is 0 Å². The molecule has 0 aromatic rings.